The van der Waals surface area contributed by atoms with E-state index in [1.54, 1.807) is 11.3 Å². The molecule has 1 N–H and O–H groups in total. The van der Waals surface area contributed by atoms with Crippen LogP contribution >= 0.6 is 11.3 Å². The number of hydrogen-bond donors (Lipinski definition) is 1. The molecule has 1 heterocycles. The zero-order valence-electron chi connectivity index (χ0n) is 15.5. The van der Waals surface area contributed by atoms with Crippen molar-refractivity contribution >= 4 is 39.1 Å². The highest BCUT2D eigenvalue weighted by Crippen LogP contribution is 2.23. The van der Waals surface area contributed by atoms with Gasteiger partial charge in [-0.1, -0.05) is 12.1 Å². The molecule has 1 aromatic heterocycles. The van der Waals surface area contributed by atoms with Crippen LogP contribution in [0.4, 0.5) is 10.1 Å². The molecule has 0 unspecified atom stereocenters. The number of rotatable bonds is 8. The van der Waals surface area contributed by atoms with Crippen LogP contribution in [0.25, 0.3) is 10.2 Å². The van der Waals surface area contributed by atoms with E-state index in [1.807, 2.05) is 24.3 Å². The summed E-state index contributed by atoms with van der Waals surface area (Å²) < 4.78 is 19.2. The van der Waals surface area contributed by atoms with Crippen molar-refractivity contribution in [3.63, 3.8) is 0 Å². The lowest BCUT2D eigenvalue weighted by molar-refractivity contribution is -0.153. The van der Waals surface area contributed by atoms with Crippen molar-refractivity contribution in [2.45, 2.75) is 38.7 Å². The number of aromatic nitrogens is 1. The van der Waals surface area contributed by atoms with Gasteiger partial charge in [-0.15, -0.1) is 11.3 Å². The third-order valence-corrected chi connectivity index (χ3v) is 5.25. The van der Waals surface area contributed by atoms with E-state index in [1.165, 1.54) is 31.2 Å². The van der Waals surface area contributed by atoms with E-state index in [9.17, 15) is 14.0 Å². The van der Waals surface area contributed by atoms with Crippen molar-refractivity contribution in [2.24, 2.45) is 0 Å². The summed E-state index contributed by atoms with van der Waals surface area (Å²) in [6, 6.07) is 13.4. The number of halogens is 1. The molecular formula is C21H21FN2O3S. The third-order valence-electron chi connectivity index (χ3n) is 4.15. The molecule has 146 valence electrons. The van der Waals surface area contributed by atoms with Gasteiger partial charge in [0.15, 0.2) is 6.10 Å². The van der Waals surface area contributed by atoms with Crippen molar-refractivity contribution in [1.29, 1.82) is 0 Å². The van der Waals surface area contributed by atoms with Gasteiger partial charge in [0.05, 0.1) is 15.2 Å². The van der Waals surface area contributed by atoms with Gasteiger partial charge >= 0.3 is 5.97 Å². The zero-order valence-corrected chi connectivity index (χ0v) is 16.3. The highest BCUT2D eigenvalue weighted by Gasteiger charge is 2.17. The fourth-order valence-electron chi connectivity index (χ4n) is 2.66. The molecular weight excluding hydrogens is 379 g/mol. The minimum atomic E-state index is -0.915. The zero-order chi connectivity index (χ0) is 19.9. The molecule has 0 spiro atoms. The SMILES string of the molecule is C[C@H](OC(=O)CCCCc1nc2ccccc2s1)C(=O)Nc1ccc(F)cc1. The van der Waals surface area contributed by atoms with Crippen molar-refractivity contribution < 1.29 is 18.7 Å². The number of carbonyl (C=O) groups is 2. The molecule has 28 heavy (non-hydrogen) atoms. The van der Waals surface area contributed by atoms with E-state index in [0.29, 0.717) is 12.1 Å². The van der Waals surface area contributed by atoms with Gasteiger partial charge in [-0.05, 0) is 62.6 Å². The minimum absolute atomic E-state index is 0.249. The summed E-state index contributed by atoms with van der Waals surface area (Å²) >= 11 is 1.67. The number of esters is 1. The van der Waals surface area contributed by atoms with Gasteiger partial charge in [0, 0.05) is 12.1 Å². The van der Waals surface area contributed by atoms with Crippen molar-refractivity contribution in [1.82, 2.24) is 4.98 Å². The van der Waals surface area contributed by atoms with Gasteiger partial charge in [0.1, 0.15) is 5.82 Å². The maximum atomic E-state index is 12.9. The van der Waals surface area contributed by atoms with Crippen LogP contribution in [0.1, 0.15) is 31.2 Å². The van der Waals surface area contributed by atoms with Gasteiger partial charge in [0.2, 0.25) is 0 Å². The first-order chi connectivity index (χ1) is 13.5. The van der Waals surface area contributed by atoms with Gasteiger partial charge in [-0.3, -0.25) is 9.59 Å². The number of anilines is 1. The molecule has 0 aliphatic rings. The molecule has 5 nitrogen and oxygen atoms in total. The number of fused-ring (bicyclic) bond motifs is 1. The Labute approximate surface area is 166 Å². The molecule has 0 saturated heterocycles. The quantitative estimate of drug-likeness (QED) is 0.439. The van der Waals surface area contributed by atoms with E-state index < -0.39 is 18.0 Å². The van der Waals surface area contributed by atoms with Crippen LogP contribution in [0.5, 0.6) is 0 Å². The second-order valence-electron chi connectivity index (χ2n) is 6.41. The summed E-state index contributed by atoms with van der Waals surface area (Å²) in [5.74, 6) is -1.25. The third kappa shape index (κ3) is 5.60. The highest BCUT2D eigenvalue weighted by atomic mass is 32.1. The summed E-state index contributed by atoms with van der Waals surface area (Å²) in [4.78, 5) is 28.6. The van der Waals surface area contributed by atoms with Gasteiger partial charge in [0.25, 0.3) is 5.91 Å². The summed E-state index contributed by atoms with van der Waals surface area (Å²) in [7, 11) is 0. The summed E-state index contributed by atoms with van der Waals surface area (Å²) in [5, 5.41) is 3.64. The van der Waals surface area contributed by atoms with Crippen molar-refractivity contribution in [3.8, 4) is 0 Å². The molecule has 3 rings (SSSR count). The predicted molar refractivity (Wildman–Crippen MR) is 108 cm³/mol. The first-order valence-corrected chi connectivity index (χ1v) is 9.93. The fourth-order valence-corrected chi connectivity index (χ4v) is 3.67. The number of carbonyl (C=O) groups excluding carboxylic acids is 2. The lowest BCUT2D eigenvalue weighted by Crippen LogP contribution is -2.29. The Kier molecular flexibility index (Phi) is 6.71. The molecule has 7 heteroatoms. The van der Waals surface area contributed by atoms with Gasteiger partial charge in [-0.2, -0.15) is 0 Å². The van der Waals surface area contributed by atoms with Crippen molar-refractivity contribution in [2.75, 3.05) is 5.32 Å². The maximum Gasteiger partial charge on any atom is 0.306 e. The Hall–Kier alpha value is -2.80. The van der Waals surface area contributed by atoms with Gasteiger partial charge < -0.3 is 10.1 Å². The number of hydrogen-bond acceptors (Lipinski definition) is 5. The fraction of sp³-hybridized carbons (Fsp3) is 0.286. The van der Waals surface area contributed by atoms with Crippen LogP contribution in [0.3, 0.4) is 0 Å². The Morgan fingerprint density at radius 3 is 2.64 bits per heavy atom. The molecule has 0 bridgehead atoms. The number of nitrogens with zero attached hydrogens (tertiary/aromatic N) is 1. The number of ether oxygens (including phenoxy) is 1. The van der Waals surface area contributed by atoms with Crippen LogP contribution in [0.2, 0.25) is 0 Å². The van der Waals surface area contributed by atoms with Crippen LogP contribution in [-0.2, 0) is 20.7 Å². The first-order valence-electron chi connectivity index (χ1n) is 9.11. The standard InChI is InChI=1S/C21H21FN2O3S/c1-14(21(26)23-16-12-10-15(22)11-13-16)27-20(25)9-5-4-8-19-24-17-6-2-3-7-18(17)28-19/h2-3,6-7,10-14H,4-5,8-9H2,1H3,(H,23,26)/t14-/m0/s1. The number of nitrogens with one attached hydrogen (secondary N) is 1. The summed E-state index contributed by atoms with van der Waals surface area (Å²) in [6.45, 7) is 1.51. The van der Waals surface area contributed by atoms with E-state index in [-0.39, 0.29) is 12.2 Å². The van der Waals surface area contributed by atoms with Crippen molar-refractivity contribution in [3.05, 3.63) is 59.4 Å². The Morgan fingerprint density at radius 2 is 1.89 bits per heavy atom. The highest BCUT2D eigenvalue weighted by molar-refractivity contribution is 7.18. The van der Waals surface area contributed by atoms with E-state index in [2.05, 4.69) is 10.3 Å². The first kappa shape index (κ1) is 19.9. The Bertz CT molecular complexity index is 923. The number of thiazole rings is 1. The second kappa shape index (κ2) is 9.41. The lowest BCUT2D eigenvalue weighted by atomic mass is 10.2. The number of unbranched alkanes of at least 4 members (excludes halogenated alkanes) is 1. The van der Waals surface area contributed by atoms with Crippen LogP contribution in [0, 0.1) is 5.82 Å². The summed E-state index contributed by atoms with van der Waals surface area (Å²) in [5.41, 5.74) is 1.45. The smallest absolute Gasteiger partial charge is 0.306 e. The average molecular weight is 400 g/mol. The largest absolute Gasteiger partial charge is 0.453 e. The molecule has 2 aromatic carbocycles. The normalized spacial score (nSPS) is 11.9. The molecule has 0 aliphatic heterocycles. The van der Waals surface area contributed by atoms with E-state index >= 15 is 0 Å². The molecule has 0 aliphatic carbocycles. The second-order valence-corrected chi connectivity index (χ2v) is 7.53. The molecule has 1 amide bonds. The predicted octanol–water partition coefficient (Wildman–Crippen LogP) is 4.72. The molecule has 0 radical (unpaired) electrons. The van der Waals surface area contributed by atoms with Crippen LogP contribution in [0.15, 0.2) is 48.5 Å². The van der Waals surface area contributed by atoms with Gasteiger partial charge in [-0.25, -0.2) is 9.37 Å². The minimum Gasteiger partial charge on any atom is -0.453 e. The average Bonchev–Trinajstić information content (AvgIpc) is 3.10. The Morgan fingerprint density at radius 1 is 1.14 bits per heavy atom. The summed E-state index contributed by atoms with van der Waals surface area (Å²) in [6.07, 6.45) is 1.64. The maximum absolute atomic E-state index is 12.9. The Balaban J connectivity index is 1.37. The van der Waals surface area contributed by atoms with Crippen LogP contribution < -0.4 is 5.32 Å². The molecule has 0 fully saturated rings. The molecule has 3 aromatic rings. The number of benzene rings is 2. The number of amides is 1. The monoisotopic (exact) mass is 400 g/mol. The van der Waals surface area contributed by atoms with Crippen LogP contribution in [-0.4, -0.2) is 23.0 Å². The number of aryl methyl sites for hydroxylation is 1. The molecule has 1 atom stereocenters. The topological polar surface area (TPSA) is 68.3 Å². The van der Waals surface area contributed by atoms with E-state index in [0.717, 1.165) is 28.1 Å². The number of para-hydroxylation sites is 1. The molecule has 0 saturated carbocycles. The lowest BCUT2D eigenvalue weighted by Gasteiger charge is -2.13. The van der Waals surface area contributed by atoms with E-state index in [4.69, 9.17) is 4.74 Å².